The SMILES string of the molecule is Cc1ccsc1CNCc1ccc(N2CCCC2)cc1. The molecule has 0 unspecified atom stereocenters. The summed E-state index contributed by atoms with van der Waals surface area (Å²) in [6.07, 6.45) is 2.67. The van der Waals surface area contributed by atoms with Crippen LogP contribution in [0.15, 0.2) is 35.7 Å². The molecule has 0 atom stereocenters. The van der Waals surface area contributed by atoms with Gasteiger partial charge in [-0.3, -0.25) is 0 Å². The van der Waals surface area contributed by atoms with Crippen LogP contribution in [0.4, 0.5) is 5.69 Å². The zero-order valence-corrected chi connectivity index (χ0v) is 12.9. The van der Waals surface area contributed by atoms with Crippen LogP contribution in [0.2, 0.25) is 0 Å². The van der Waals surface area contributed by atoms with Gasteiger partial charge in [-0.25, -0.2) is 0 Å². The Morgan fingerprint density at radius 1 is 1.05 bits per heavy atom. The van der Waals surface area contributed by atoms with Crippen LogP contribution >= 0.6 is 11.3 Å². The van der Waals surface area contributed by atoms with Gasteiger partial charge in [0.05, 0.1) is 0 Å². The number of anilines is 1. The number of nitrogens with zero attached hydrogens (tertiary/aromatic N) is 1. The predicted octanol–water partition coefficient (Wildman–Crippen LogP) is 3.95. The Kier molecular flexibility index (Phi) is 4.38. The second kappa shape index (κ2) is 6.42. The van der Waals surface area contributed by atoms with Crippen LogP contribution in [-0.2, 0) is 13.1 Å². The van der Waals surface area contributed by atoms with E-state index in [0.29, 0.717) is 0 Å². The second-order valence-corrected chi connectivity index (χ2v) is 6.49. The fraction of sp³-hybridized carbons (Fsp3) is 0.412. The first-order valence-electron chi connectivity index (χ1n) is 7.40. The van der Waals surface area contributed by atoms with E-state index in [2.05, 4.69) is 52.9 Å². The lowest BCUT2D eigenvalue weighted by Gasteiger charge is -2.17. The summed E-state index contributed by atoms with van der Waals surface area (Å²) in [6, 6.07) is 11.2. The molecule has 2 aromatic rings. The fourth-order valence-electron chi connectivity index (χ4n) is 2.71. The van der Waals surface area contributed by atoms with E-state index >= 15 is 0 Å². The van der Waals surface area contributed by atoms with Crippen LogP contribution in [-0.4, -0.2) is 13.1 Å². The molecule has 3 rings (SSSR count). The summed E-state index contributed by atoms with van der Waals surface area (Å²) in [5.74, 6) is 0. The average Bonchev–Trinajstić information content (AvgIpc) is 3.12. The van der Waals surface area contributed by atoms with Crippen molar-refractivity contribution < 1.29 is 0 Å². The van der Waals surface area contributed by atoms with Crippen molar-refractivity contribution in [1.29, 1.82) is 0 Å². The lowest BCUT2D eigenvalue weighted by Crippen LogP contribution is -2.17. The summed E-state index contributed by atoms with van der Waals surface area (Å²) in [4.78, 5) is 3.92. The highest BCUT2D eigenvalue weighted by molar-refractivity contribution is 7.10. The molecule has 0 spiro atoms. The number of aryl methyl sites for hydroxylation is 1. The number of rotatable bonds is 5. The maximum Gasteiger partial charge on any atom is 0.0366 e. The quantitative estimate of drug-likeness (QED) is 0.895. The van der Waals surface area contributed by atoms with Crippen molar-refractivity contribution >= 4 is 17.0 Å². The number of benzene rings is 1. The first-order chi connectivity index (χ1) is 9.83. The van der Waals surface area contributed by atoms with E-state index in [1.54, 1.807) is 0 Å². The lowest BCUT2D eigenvalue weighted by atomic mass is 10.2. The van der Waals surface area contributed by atoms with Gasteiger partial charge in [0.25, 0.3) is 0 Å². The van der Waals surface area contributed by atoms with Gasteiger partial charge in [-0.15, -0.1) is 11.3 Å². The number of thiophene rings is 1. The average molecular weight is 286 g/mol. The van der Waals surface area contributed by atoms with E-state index < -0.39 is 0 Å². The highest BCUT2D eigenvalue weighted by Crippen LogP contribution is 2.20. The molecule has 1 aromatic carbocycles. The standard InChI is InChI=1S/C17H22N2S/c1-14-8-11-20-17(14)13-18-12-15-4-6-16(7-5-15)19-9-2-3-10-19/h4-8,11,18H,2-3,9-10,12-13H2,1H3. The predicted molar refractivity (Wildman–Crippen MR) is 87.5 cm³/mol. The third kappa shape index (κ3) is 3.22. The van der Waals surface area contributed by atoms with Gasteiger partial charge in [0.2, 0.25) is 0 Å². The maximum absolute atomic E-state index is 3.53. The molecule has 106 valence electrons. The van der Waals surface area contributed by atoms with Crippen molar-refractivity contribution in [2.24, 2.45) is 0 Å². The molecular weight excluding hydrogens is 264 g/mol. The molecule has 1 saturated heterocycles. The van der Waals surface area contributed by atoms with Crippen LogP contribution < -0.4 is 10.2 Å². The minimum atomic E-state index is 0.942. The zero-order chi connectivity index (χ0) is 13.8. The summed E-state index contributed by atoms with van der Waals surface area (Å²) in [5.41, 5.74) is 4.13. The molecule has 2 heterocycles. The minimum absolute atomic E-state index is 0.942. The van der Waals surface area contributed by atoms with E-state index in [1.807, 2.05) is 11.3 Å². The Morgan fingerprint density at radius 3 is 2.45 bits per heavy atom. The summed E-state index contributed by atoms with van der Waals surface area (Å²) >= 11 is 1.83. The van der Waals surface area contributed by atoms with Crippen LogP contribution in [0.25, 0.3) is 0 Å². The van der Waals surface area contributed by atoms with Crippen LogP contribution in [0.5, 0.6) is 0 Å². The van der Waals surface area contributed by atoms with Gasteiger partial charge in [0, 0.05) is 36.7 Å². The van der Waals surface area contributed by atoms with E-state index in [9.17, 15) is 0 Å². The Labute approximate surface area is 125 Å². The van der Waals surface area contributed by atoms with Crippen LogP contribution in [0.3, 0.4) is 0 Å². The number of nitrogens with one attached hydrogen (secondary N) is 1. The largest absolute Gasteiger partial charge is 0.372 e. The van der Waals surface area contributed by atoms with Gasteiger partial charge in [-0.05, 0) is 54.5 Å². The molecule has 1 aliphatic heterocycles. The topological polar surface area (TPSA) is 15.3 Å². The normalized spacial score (nSPS) is 14.9. The molecule has 1 aromatic heterocycles. The molecule has 0 aliphatic carbocycles. The fourth-order valence-corrected chi connectivity index (χ4v) is 3.58. The van der Waals surface area contributed by atoms with Crippen molar-refractivity contribution in [1.82, 2.24) is 5.32 Å². The van der Waals surface area contributed by atoms with E-state index in [0.717, 1.165) is 13.1 Å². The van der Waals surface area contributed by atoms with E-state index in [1.165, 1.54) is 47.6 Å². The summed E-state index contributed by atoms with van der Waals surface area (Å²) < 4.78 is 0. The molecular formula is C17H22N2S. The van der Waals surface area contributed by atoms with Crippen molar-refractivity contribution in [3.8, 4) is 0 Å². The third-order valence-electron chi connectivity index (χ3n) is 3.99. The monoisotopic (exact) mass is 286 g/mol. The molecule has 0 bridgehead atoms. The first kappa shape index (κ1) is 13.7. The molecule has 0 saturated carbocycles. The van der Waals surface area contributed by atoms with E-state index in [4.69, 9.17) is 0 Å². The van der Waals surface area contributed by atoms with Crippen molar-refractivity contribution in [3.05, 3.63) is 51.7 Å². The molecule has 0 amide bonds. The molecule has 1 aliphatic rings. The minimum Gasteiger partial charge on any atom is -0.372 e. The first-order valence-corrected chi connectivity index (χ1v) is 8.28. The molecule has 1 fully saturated rings. The second-order valence-electron chi connectivity index (χ2n) is 5.49. The van der Waals surface area contributed by atoms with Gasteiger partial charge in [-0.2, -0.15) is 0 Å². The van der Waals surface area contributed by atoms with Gasteiger partial charge < -0.3 is 10.2 Å². The smallest absolute Gasteiger partial charge is 0.0366 e. The van der Waals surface area contributed by atoms with Gasteiger partial charge >= 0.3 is 0 Å². The van der Waals surface area contributed by atoms with Crippen LogP contribution in [0.1, 0.15) is 28.8 Å². The summed E-state index contributed by atoms with van der Waals surface area (Å²) in [7, 11) is 0. The number of hydrogen-bond donors (Lipinski definition) is 1. The van der Waals surface area contributed by atoms with Crippen molar-refractivity contribution in [2.75, 3.05) is 18.0 Å². The highest BCUT2D eigenvalue weighted by atomic mass is 32.1. The van der Waals surface area contributed by atoms with E-state index in [-0.39, 0.29) is 0 Å². The maximum atomic E-state index is 3.53. The Balaban J connectivity index is 1.52. The van der Waals surface area contributed by atoms with Gasteiger partial charge in [0.15, 0.2) is 0 Å². The molecule has 1 N–H and O–H groups in total. The summed E-state index contributed by atoms with van der Waals surface area (Å²) in [6.45, 7) is 6.53. The van der Waals surface area contributed by atoms with Gasteiger partial charge in [0.1, 0.15) is 0 Å². The molecule has 3 heteroatoms. The Bertz CT molecular complexity index is 538. The van der Waals surface area contributed by atoms with Gasteiger partial charge in [-0.1, -0.05) is 12.1 Å². The van der Waals surface area contributed by atoms with Crippen molar-refractivity contribution in [3.63, 3.8) is 0 Å². The molecule has 0 radical (unpaired) electrons. The number of hydrogen-bond acceptors (Lipinski definition) is 3. The lowest BCUT2D eigenvalue weighted by molar-refractivity contribution is 0.698. The zero-order valence-electron chi connectivity index (χ0n) is 12.1. The highest BCUT2D eigenvalue weighted by Gasteiger charge is 2.11. The van der Waals surface area contributed by atoms with Crippen LogP contribution in [0, 0.1) is 6.92 Å². The molecule has 20 heavy (non-hydrogen) atoms. The Hall–Kier alpha value is -1.32. The van der Waals surface area contributed by atoms with Crippen molar-refractivity contribution in [2.45, 2.75) is 32.9 Å². The third-order valence-corrected chi connectivity index (χ3v) is 5.01. The summed E-state index contributed by atoms with van der Waals surface area (Å²) in [5, 5.41) is 5.69. The Morgan fingerprint density at radius 2 is 1.80 bits per heavy atom. The molecule has 2 nitrogen and oxygen atoms in total.